The fraction of sp³-hybridized carbons (Fsp3) is 0.579. The Labute approximate surface area is 174 Å². The standard InChI is InChI=1S/C19H24N4O4S2/c24-23(25)16-6-3-7-17(13-16)29(26,27)22-10-8-15(9-11-22)19-21-20-18(28-19)12-14-4-1-2-5-14/h3,6-7,13-15H,1-2,4-5,8-12H2. The number of nitro benzene ring substituents is 1. The highest BCUT2D eigenvalue weighted by atomic mass is 32.2. The van der Waals surface area contributed by atoms with Gasteiger partial charge in [0.05, 0.1) is 9.82 Å². The molecule has 1 aromatic carbocycles. The molecule has 0 bridgehead atoms. The van der Waals surface area contributed by atoms with E-state index in [1.807, 2.05) is 0 Å². The zero-order valence-electron chi connectivity index (χ0n) is 16.1. The quantitative estimate of drug-likeness (QED) is 0.504. The Morgan fingerprint density at radius 3 is 2.55 bits per heavy atom. The SMILES string of the molecule is O=[N+]([O-])c1cccc(S(=O)(=O)N2CCC(c3nnc(CC4CCCC4)s3)CC2)c1. The maximum Gasteiger partial charge on any atom is 0.270 e. The van der Waals surface area contributed by atoms with Crippen LogP contribution in [-0.2, 0) is 16.4 Å². The second-order valence-electron chi connectivity index (χ2n) is 7.82. The highest BCUT2D eigenvalue weighted by Gasteiger charge is 2.32. The summed E-state index contributed by atoms with van der Waals surface area (Å²) in [6.45, 7) is 0.764. The number of hydrogen-bond acceptors (Lipinski definition) is 7. The van der Waals surface area contributed by atoms with E-state index in [1.165, 1.54) is 48.2 Å². The Balaban J connectivity index is 1.39. The molecule has 0 spiro atoms. The molecule has 0 atom stereocenters. The molecule has 1 aliphatic heterocycles. The van der Waals surface area contributed by atoms with Crippen molar-refractivity contribution in [3.8, 4) is 0 Å². The Kier molecular flexibility index (Phi) is 5.93. The minimum absolute atomic E-state index is 0.0279. The van der Waals surface area contributed by atoms with Gasteiger partial charge in [0.1, 0.15) is 10.0 Å². The van der Waals surface area contributed by atoms with Crippen LogP contribution >= 0.6 is 11.3 Å². The van der Waals surface area contributed by atoms with Gasteiger partial charge in [-0.3, -0.25) is 10.1 Å². The lowest BCUT2D eigenvalue weighted by Gasteiger charge is -2.30. The highest BCUT2D eigenvalue weighted by Crippen LogP contribution is 2.34. The summed E-state index contributed by atoms with van der Waals surface area (Å²) < 4.78 is 27.2. The van der Waals surface area contributed by atoms with Crippen molar-refractivity contribution in [3.05, 3.63) is 44.4 Å². The van der Waals surface area contributed by atoms with E-state index >= 15 is 0 Å². The smallest absolute Gasteiger partial charge is 0.258 e. The first-order chi connectivity index (χ1) is 13.9. The summed E-state index contributed by atoms with van der Waals surface area (Å²) in [5.74, 6) is 0.958. The van der Waals surface area contributed by atoms with Gasteiger partial charge >= 0.3 is 0 Å². The molecule has 1 saturated heterocycles. The highest BCUT2D eigenvalue weighted by molar-refractivity contribution is 7.89. The van der Waals surface area contributed by atoms with Gasteiger partial charge in [-0.15, -0.1) is 21.5 Å². The fourth-order valence-electron chi connectivity index (χ4n) is 4.23. The average Bonchev–Trinajstić information content (AvgIpc) is 3.41. The van der Waals surface area contributed by atoms with Gasteiger partial charge in [-0.1, -0.05) is 31.7 Å². The number of rotatable bonds is 6. The molecule has 8 nitrogen and oxygen atoms in total. The molecule has 156 valence electrons. The van der Waals surface area contributed by atoms with Crippen LogP contribution in [-0.4, -0.2) is 40.9 Å². The van der Waals surface area contributed by atoms with Gasteiger partial charge in [0.25, 0.3) is 5.69 Å². The van der Waals surface area contributed by atoms with Crippen LogP contribution in [0, 0.1) is 16.0 Å². The molecular formula is C19H24N4O4S2. The molecule has 1 aliphatic carbocycles. The summed E-state index contributed by atoms with van der Waals surface area (Å²) in [6.07, 6.45) is 7.57. The molecular weight excluding hydrogens is 412 g/mol. The first-order valence-corrected chi connectivity index (χ1v) is 12.3. The fourth-order valence-corrected chi connectivity index (χ4v) is 6.86. The van der Waals surface area contributed by atoms with Crippen molar-refractivity contribution in [2.24, 2.45) is 5.92 Å². The summed E-state index contributed by atoms with van der Waals surface area (Å²) in [6, 6.07) is 5.24. The molecule has 29 heavy (non-hydrogen) atoms. The molecule has 1 aromatic heterocycles. The zero-order chi connectivity index (χ0) is 20.4. The molecule has 0 N–H and O–H groups in total. The normalized spacial score (nSPS) is 19.6. The van der Waals surface area contributed by atoms with Crippen LogP contribution in [0.4, 0.5) is 5.69 Å². The first kappa shape index (κ1) is 20.4. The molecule has 1 saturated carbocycles. The van der Waals surface area contributed by atoms with Crippen molar-refractivity contribution in [3.63, 3.8) is 0 Å². The van der Waals surface area contributed by atoms with E-state index in [-0.39, 0.29) is 16.5 Å². The number of aromatic nitrogens is 2. The van der Waals surface area contributed by atoms with Crippen LogP contribution in [0.2, 0.25) is 0 Å². The Bertz CT molecular complexity index is 978. The largest absolute Gasteiger partial charge is 0.270 e. The van der Waals surface area contributed by atoms with E-state index in [1.54, 1.807) is 11.3 Å². The van der Waals surface area contributed by atoms with E-state index in [2.05, 4.69) is 10.2 Å². The summed E-state index contributed by atoms with van der Waals surface area (Å²) in [4.78, 5) is 10.3. The minimum Gasteiger partial charge on any atom is -0.258 e. The molecule has 2 fully saturated rings. The van der Waals surface area contributed by atoms with Gasteiger partial charge < -0.3 is 0 Å². The lowest BCUT2D eigenvalue weighted by molar-refractivity contribution is -0.385. The van der Waals surface area contributed by atoms with Crippen LogP contribution in [0.5, 0.6) is 0 Å². The van der Waals surface area contributed by atoms with E-state index in [4.69, 9.17) is 0 Å². The lowest BCUT2D eigenvalue weighted by atomic mass is 9.99. The predicted octanol–water partition coefficient (Wildman–Crippen LogP) is 3.75. The van der Waals surface area contributed by atoms with Crippen LogP contribution < -0.4 is 0 Å². The van der Waals surface area contributed by atoms with Gasteiger partial charge in [-0.2, -0.15) is 4.31 Å². The van der Waals surface area contributed by atoms with Crippen molar-refractivity contribution in [2.45, 2.75) is 55.8 Å². The second-order valence-corrected chi connectivity index (χ2v) is 10.9. The van der Waals surface area contributed by atoms with Gasteiger partial charge in [-0.05, 0) is 24.8 Å². The zero-order valence-corrected chi connectivity index (χ0v) is 17.7. The molecule has 4 rings (SSSR count). The number of nitro groups is 1. The molecule has 2 aliphatic rings. The summed E-state index contributed by atoms with van der Waals surface area (Å²) in [5, 5.41) is 21.8. The van der Waals surface area contributed by atoms with Gasteiger partial charge in [0, 0.05) is 37.6 Å². The molecule has 0 radical (unpaired) electrons. The van der Waals surface area contributed by atoms with Crippen molar-refractivity contribution >= 4 is 27.0 Å². The second kappa shape index (κ2) is 8.45. The Morgan fingerprint density at radius 1 is 1.14 bits per heavy atom. The Hall–Kier alpha value is -1.91. The number of sulfonamides is 1. The maximum atomic E-state index is 12.9. The van der Waals surface area contributed by atoms with E-state index in [0.717, 1.165) is 28.4 Å². The van der Waals surface area contributed by atoms with Crippen molar-refractivity contribution < 1.29 is 13.3 Å². The minimum atomic E-state index is -3.74. The third-order valence-corrected chi connectivity index (χ3v) is 8.89. The third kappa shape index (κ3) is 4.49. The molecule has 2 aromatic rings. The summed E-state index contributed by atoms with van der Waals surface area (Å²) in [7, 11) is -3.74. The van der Waals surface area contributed by atoms with Crippen molar-refractivity contribution in [2.75, 3.05) is 13.1 Å². The number of piperidine rings is 1. The summed E-state index contributed by atoms with van der Waals surface area (Å²) in [5.41, 5.74) is -0.218. The van der Waals surface area contributed by atoms with Gasteiger partial charge in [0.15, 0.2) is 0 Å². The Morgan fingerprint density at radius 2 is 1.86 bits per heavy atom. The third-order valence-electron chi connectivity index (χ3n) is 5.89. The topological polar surface area (TPSA) is 106 Å². The number of nitrogens with zero attached hydrogens (tertiary/aromatic N) is 4. The lowest BCUT2D eigenvalue weighted by Crippen LogP contribution is -2.37. The maximum absolute atomic E-state index is 12.9. The number of non-ortho nitro benzene ring substituents is 1. The van der Waals surface area contributed by atoms with Gasteiger partial charge in [-0.25, -0.2) is 8.42 Å². The summed E-state index contributed by atoms with van der Waals surface area (Å²) >= 11 is 1.67. The number of benzene rings is 1. The van der Waals surface area contributed by atoms with Crippen LogP contribution in [0.1, 0.15) is 54.5 Å². The molecule has 0 amide bonds. The van der Waals surface area contributed by atoms with E-state index < -0.39 is 14.9 Å². The molecule has 2 heterocycles. The van der Waals surface area contributed by atoms with E-state index in [0.29, 0.717) is 25.9 Å². The van der Waals surface area contributed by atoms with Crippen LogP contribution in [0.25, 0.3) is 0 Å². The van der Waals surface area contributed by atoms with Crippen LogP contribution in [0.15, 0.2) is 29.2 Å². The van der Waals surface area contributed by atoms with E-state index in [9.17, 15) is 18.5 Å². The monoisotopic (exact) mass is 436 g/mol. The van der Waals surface area contributed by atoms with Crippen molar-refractivity contribution in [1.82, 2.24) is 14.5 Å². The predicted molar refractivity (Wildman–Crippen MR) is 109 cm³/mol. The molecule has 10 heteroatoms. The average molecular weight is 437 g/mol. The van der Waals surface area contributed by atoms with Crippen molar-refractivity contribution in [1.29, 1.82) is 0 Å². The first-order valence-electron chi connectivity index (χ1n) is 10.0. The van der Waals surface area contributed by atoms with Gasteiger partial charge in [0.2, 0.25) is 10.0 Å². The molecule has 0 unspecified atom stereocenters. The van der Waals surface area contributed by atoms with Crippen LogP contribution in [0.3, 0.4) is 0 Å². The number of hydrogen-bond donors (Lipinski definition) is 0.